The first-order valence-electron chi connectivity index (χ1n) is 12.4. The predicted molar refractivity (Wildman–Crippen MR) is 145 cm³/mol. The largest absolute Gasteiger partial charge is 0.456 e. The zero-order valence-electron chi connectivity index (χ0n) is 23.2. The van der Waals surface area contributed by atoms with Crippen LogP contribution in [0.4, 0.5) is 5.69 Å². The monoisotopic (exact) mass is 507 g/mol. The third-order valence-corrected chi connectivity index (χ3v) is 5.84. The predicted octanol–water partition coefficient (Wildman–Crippen LogP) is 5.69. The number of hydrogen-bond donors (Lipinski definition) is 1. The van der Waals surface area contributed by atoms with Gasteiger partial charge in [0.1, 0.15) is 11.4 Å². The molecule has 0 saturated carbocycles. The van der Waals surface area contributed by atoms with Crippen LogP contribution in [-0.4, -0.2) is 27.1 Å². The fourth-order valence-corrected chi connectivity index (χ4v) is 3.83. The highest BCUT2D eigenvalue weighted by molar-refractivity contribution is 5.90. The number of carbonyl (C=O) groups excluding carboxylic acids is 2. The number of hydrogen-bond acceptors (Lipinski definition) is 7. The number of rotatable bonds is 6. The lowest BCUT2D eigenvalue weighted by atomic mass is 9.98. The smallest absolute Gasteiger partial charge is 0.338 e. The van der Waals surface area contributed by atoms with Crippen LogP contribution in [0, 0.1) is 19.3 Å². The topological polar surface area (TPSA) is 99.5 Å². The van der Waals surface area contributed by atoms with E-state index in [1.807, 2.05) is 58.9 Å². The van der Waals surface area contributed by atoms with Crippen LogP contribution in [0.2, 0.25) is 0 Å². The van der Waals surface area contributed by atoms with E-state index in [4.69, 9.17) is 9.47 Å². The summed E-state index contributed by atoms with van der Waals surface area (Å²) < 4.78 is 12.2. The summed E-state index contributed by atoms with van der Waals surface area (Å²) in [7, 11) is 0. The van der Waals surface area contributed by atoms with Gasteiger partial charge in [0.15, 0.2) is 6.73 Å². The van der Waals surface area contributed by atoms with Crippen molar-refractivity contribution in [3.05, 3.63) is 69.3 Å². The molecule has 198 valence electrons. The van der Waals surface area contributed by atoms with Gasteiger partial charge in [0.2, 0.25) is 0 Å². The number of nitrogens with zero attached hydrogens (tertiary/aromatic N) is 2. The lowest BCUT2D eigenvalue weighted by Gasteiger charge is -2.21. The number of aryl methyl sites for hydroxylation is 2. The SMILES string of the molecule is Cc1cc2nc(C)n(COC(=O)C(C)(C)C)c(=O)c2cc1C(C)Nc1ccc(C(=O)OC(C)(C)C)cc1. The Morgan fingerprint density at radius 3 is 2.22 bits per heavy atom. The average Bonchev–Trinajstić information content (AvgIpc) is 2.77. The van der Waals surface area contributed by atoms with Crippen molar-refractivity contribution in [3.8, 4) is 0 Å². The van der Waals surface area contributed by atoms with Crippen molar-refractivity contribution in [2.24, 2.45) is 5.41 Å². The van der Waals surface area contributed by atoms with Crippen molar-refractivity contribution in [2.75, 3.05) is 5.32 Å². The third kappa shape index (κ3) is 6.76. The number of benzene rings is 2. The lowest BCUT2D eigenvalue weighted by molar-refractivity contribution is -0.157. The van der Waals surface area contributed by atoms with Gasteiger partial charge in [-0.05, 0) is 110 Å². The van der Waals surface area contributed by atoms with E-state index in [1.165, 1.54) is 4.57 Å². The summed E-state index contributed by atoms with van der Waals surface area (Å²) >= 11 is 0. The molecule has 0 saturated heterocycles. The number of fused-ring (bicyclic) bond motifs is 1. The van der Waals surface area contributed by atoms with Gasteiger partial charge in [0.25, 0.3) is 5.56 Å². The standard InChI is InChI=1S/C29H37N3O5/c1-17-14-24-23(25(33)32(19(3)31-24)16-36-27(35)28(4,5)6)15-22(17)18(2)30-21-12-10-20(11-13-21)26(34)37-29(7,8)9/h10-15,18,30H,16H2,1-9H3. The van der Waals surface area contributed by atoms with Crippen molar-refractivity contribution in [2.45, 2.75) is 80.7 Å². The summed E-state index contributed by atoms with van der Waals surface area (Å²) in [5, 5.41) is 3.88. The van der Waals surface area contributed by atoms with Crippen LogP contribution in [0.15, 0.2) is 41.2 Å². The molecule has 3 aromatic rings. The second-order valence-electron chi connectivity index (χ2n) is 11.4. The minimum atomic E-state index is -0.668. The summed E-state index contributed by atoms with van der Waals surface area (Å²) in [6.07, 6.45) is 0. The fourth-order valence-electron chi connectivity index (χ4n) is 3.83. The summed E-state index contributed by atoms with van der Waals surface area (Å²) in [5.41, 5.74) is 2.33. The Morgan fingerprint density at radius 2 is 1.65 bits per heavy atom. The minimum Gasteiger partial charge on any atom is -0.456 e. The Balaban J connectivity index is 1.86. The van der Waals surface area contributed by atoms with Crippen LogP contribution in [0.3, 0.4) is 0 Å². The minimum absolute atomic E-state index is 0.135. The van der Waals surface area contributed by atoms with E-state index in [0.29, 0.717) is 22.3 Å². The second-order valence-corrected chi connectivity index (χ2v) is 11.4. The maximum Gasteiger partial charge on any atom is 0.338 e. The molecule has 8 heteroatoms. The highest BCUT2D eigenvalue weighted by Gasteiger charge is 2.24. The van der Waals surface area contributed by atoms with E-state index in [2.05, 4.69) is 10.3 Å². The molecule has 0 amide bonds. The molecule has 1 aromatic heterocycles. The van der Waals surface area contributed by atoms with Crippen LogP contribution in [-0.2, 0) is 21.0 Å². The first kappa shape index (κ1) is 27.9. The third-order valence-electron chi connectivity index (χ3n) is 5.84. The molecule has 0 radical (unpaired) electrons. The second kappa shape index (κ2) is 10.4. The molecule has 1 N–H and O–H groups in total. The van der Waals surface area contributed by atoms with E-state index in [-0.39, 0.29) is 30.3 Å². The zero-order valence-corrected chi connectivity index (χ0v) is 23.2. The summed E-state index contributed by atoms with van der Waals surface area (Å²) in [6.45, 7) is 16.3. The summed E-state index contributed by atoms with van der Waals surface area (Å²) in [6, 6.07) is 10.7. The van der Waals surface area contributed by atoms with Gasteiger partial charge in [-0.15, -0.1) is 0 Å². The van der Waals surface area contributed by atoms with Gasteiger partial charge in [0.05, 0.1) is 21.9 Å². The van der Waals surface area contributed by atoms with Gasteiger partial charge >= 0.3 is 11.9 Å². The maximum absolute atomic E-state index is 13.3. The van der Waals surface area contributed by atoms with Crippen LogP contribution in [0.25, 0.3) is 10.9 Å². The van der Waals surface area contributed by atoms with Gasteiger partial charge in [0, 0.05) is 11.7 Å². The van der Waals surface area contributed by atoms with Crippen molar-refractivity contribution in [1.29, 1.82) is 0 Å². The summed E-state index contributed by atoms with van der Waals surface area (Å²) in [4.78, 5) is 42.4. The molecule has 0 bridgehead atoms. The Kier molecular flexibility index (Phi) is 7.81. The molecule has 1 heterocycles. The van der Waals surface area contributed by atoms with Crippen LogP contribution >= 0.6 is 0 Å². The van der Waals surface area contributed by atoms with Gasteiger partial charge < -0.3 is 14.8 Å². The zero-order chi connectivity index (χ0) is 27.7. The molecule has 8 nitrogen and oxygen atoms in total. The molecule has 2 aromatic carbocycles. The number of nitrogens with one attached hydrogen (secondary N) is 1. The highest BCUT2D eigenvalue weighted by atomic mass is 16.6. The van der Waals surface area contributed by atoms with E-state index in [1.54, 1.807) is 39.8 Å². The molecule has 1 unspecified atom stereocenters. The van der Waals surface area contributed by atoms with E-state index in [0.717, 1.165) is 16.8 Å². The quantitative estimate of drug-likeness (QED) is 0.428. The molecule has 0 aliphatic carbocycles. The number of anilines is 1. The van der Waals surface area contributed by atoms with Crippen LogP contribution in [0.1, 0.15) is 81.8 Å². The summed E-state index contributed by atoms with van der Waals surface area (Å²) in [5.74, 6) is -0.286. The van der Waals surface area contributed by atoms with E-state index >= 15 is 0 Å². The van der Waals surface area contributed by atoms with Crippen molar-refractivity contribution < 1.29 is 19.1 Å². The number of esters is 2. The molecule has 0 aliphatic heterocycles. The van der Waals surface area contributed by atoms with E-state index < -0.39 is 11.0 Å². The molecule has 1 atom stereocenters. The molecule has 3 rings (SSSR count). The number of ether oxygens (including phenoxy) is 2. The van der Waals surface area contributed by atoms with Crippen LogP contribution < -0.4 is 10.9 Å². The Labute approximate surface area is 218 Å². The lowest BCUT2D eigenvalue weighted by Crippen LogP contribution is -2.30. The van der Waals surface area contributed by atoms with Crippen LogP contribution in [0.5, 0.6) is 0 Å². The fraction of sp³-hybridized carbons (Fsp3) is 0.448. The number of aromatic nitrogens is 2. The number of carbonyl (C=O) groups is 2. The van der Waals surface area contributed by atoms with Gasteiger partial charge in [-0.2, -0.15) is 0 Å². The highest BCUT2D eigenvalue weighted by Crippen LogP contribution is 2.26. The molecular weight excluding hydrogens is 470 g/mol. The van der Waals surface area contributed by atoms with Gasteiger partial charge in [-0.25, -0.2) is 9.78 Å². The average molecular weight is 508 g/mol. The van der Waals surface area contributed by atoms with Gasteiger partial charge in [-0.3, -0.25) is 14.2 Å². The Morgan fingerprint density at radius 1 is 1.03 bits per heavy atom. The normalized spacial score (nSPS) is 12.8. The molecule has 0 spiro atoms. The van der Waals surface area contributed by atoms with Gasteiger partial charge in [-0.1, -0.05) is 0 Å². The molecule has 37 heavy (non-hydrogen) atoms. The first-order valence-corrected chi connectivity index (χ1v) is 12.4. The first-order chi connectivity index (χ1) is 17.1. The van der Waals surface area contributed by atoms with E-state index in [9.17, 15) is 14.4 Å². The van der Waals surface area contributed by atoms with Crippen molar-refractivity contribution in [1.82, 2.24) is 9.55 Å². The Bertz CT molecular complexity index is 1380. The maximum atomic E-state index is 13.3. The molecular formula is C29H37N3O5. The molecule has 0 fully saturated rings. The van der Waals surface area contributed by atoms with Crippen molar-refractivity contribution in [3.63, 3.8) is 0 Å². The van der Waals surface area contributed by atoms with Crippen molar-refractivity contribution >= 4 is 28.5 Å². The Hall–Kier alpha value is -3.68. The molecule has 0 aliphatic rings.